The zero-order chi connectivity index (χ0) is 14.2. The van der Waals surface area contributed by atoms with Gasteiger partial charge in [0.05, 0.1) is 12.2 Å². The number of morpholine rings is 1. The highest BCUT2D eigenvalue weighted by molar-refractivity contribution is 7.86. The molecule has 19 heavy (non-hydrogen) atoms. The summed E-state index contributed by atoms with van der Waals surface area (Å²) < 4.78 is 34.2. The molecule has 2 rings (SSSR count). The quantitative estimate of drug-likeness (QED) is 0.786. The molecule has 2 aliphatic rings. The van der Waals surface area contributed by atoms with Crippen LogP contribution < -0.4 is 5.73 Å². The Labute approximate surface area is 116 Å². The molecule has 0 aromatic carbocycles. The highest BCUT2D eigenvalue weighted by Gasteiger charge is 2.39. The Morgan fingerprint density at radius 3 is 2.26 bits per heavy atom. The van der Waals surface area contributed by atoms with Gasteiger partial charge in [0.1, 0.15) is 0 Å². The maximum atomic E-state index is 12.7. The van der Waals surface area contributed by atoms with Crippen molar-refractivity contribution >= 4 is 10.2 Å². The van der Waals surface area contributed by atoms with E-state index in [2.05, 4.69) is 0 Å². The first-order valence-electron chi connectivity index (χ1n) is 6.98. The molecule has 0 unspecified atom stereocenters. The summed E-state index contributed by atoms with van der Waals surface area (Å²) in [7, 11) is -3.39. The standard InChI is InChI=1S/C12H25N3O3S/c1-9-6-12(13)4-5-15(9)19(16,17)14-7-10(2)18-11(3)8-14/h9-12H,4-8,13H2,1-3H3/t9-,10+,11+,12-/m0/s1. The third-order valence-electron chi connectivity index (χ3n) is 3.86. The molecule has 0 aliphatic carbocycles. The number of nitrogens with two attached hydrogens (primary N) is 1. The summed E-state index contributed by atoms with van der Waals surface area (Å²) in [5, 5.41) is 0. The minimum Gasteiger partial charge on any atom is -0.373 e. The fraction of sp³-hybridized carbons (Fsp3) is 1.00. The van der Waals surface area contributed by atoms with Crippen LogP contribution in [-0.4, -0.2) is 61.0 Å². The fourth-order valence-electron chi connectivity index (χ4n) is 3.00. The highest BCUT2D eigenvalue weighted by Crippen LogP contribution is 2.24. The van der Waals surface area contributed by atoms with Crippen LogP contribution in [0.2, 0.25) is 0 Å². The summed E-state index contributed by atoms with van der Waals surface area (Å²) in [6.07, 6.45) is 1.36. The second-order valence-corrected chi connectivity index (χ2v) is 7.71. The highest BCUT2D eigenvalue weighted by atomic mass is 32.2. The van der Waals surface area contributed by atoms with Gasteiger partial charge in [0.25, 0.3) is 10.2 Å². The summed E-state index contributed by atoms with van der Waals surface area (Å²) in [6.45, 7) is 7.14. The minimum atomic E-state index is -3.39. The topological polar surface area (TPSA) is 75.9 Å². The SMILES string of the molecule is C[C@@H]1CN(S(=O)(=O)N2CC[C@H](N)C[C@@H]2C)C[C@@H](C)O1. The van der Waals surface area contributed by atoms with Crippen LogP contribution in [0.3, 0.4) is 0 Å². The predicted octanol–water partition coefficient (Wildman–Crippen LogP) is 0.152. The van der Waals surface area contributed by atoms with Crippen molar-refractivity contribution in [1.29, 1.82) is 0 Å². The Kier molecular flexibility index (Phi) is 4.52. The molecule has 2 saturated heterocycles. The largest absolute Gasteiger partial charge is 0.373 e. The predicted molar refractivity (Wildman–Crippen MR) is 73.9 cm³/mol. The molecule has 0 aromatic rings. The molecular weight excluding hydrogens is 266 g/mol. The van der Waals surface area contributed by atoms with Crippen molar-refractivity contribution in [3.8, 4) is 0 Å². The monoisotopic (exact) mass is 291 g/mol. The van der Waals surface area contributed by atoms with E-state index in [0.29, 0.717) is 19.6 Å². The molecule has 6 nitrogen and oxygen atoms in total. The summed E-state index contributed by atoms with van der Waals surface area (Å²) in [6, 6.07) is 0.0891. The molecule has 0 radical (unpaired) electrons. The van der Waals surface area contributed by atoms with Crippen molar-refractivity contribution in [1.82, 2.24) is 8.61 Å². The number of rotatable bonds is 2. The Balaban J connectivity index is 2.13. The Morgan fingerprint density at radius 2 is 1.74 bits per heavy atom. The van der Waals surface area contributed by atoms with Gasteiger partial charge in [0.15, 0.2) is 0 Å². The van der Waals surface area contributed by atoms with Crippen molar-refractivity contribution in [2.45, 2.75) is 57.9 Å². The molecule has 0 aromatic heterocycles. The summed E-state index contributed by atoms with van der Waals surface area (Å²) >= 11 is 0. The molecule has 2 heterocycles. The van der Waals surface area contributed by atoms with Gasteiger partial charge in [0, 0.05) is 31.7 Å². The summed E-state index contributed by atoms with van der Waals surface area (Å²) in [5.41, 5.74) is 5.90. The zero-order valence-electron chi connectivity index (χ0n) is 11.9. The van der Waals surface area contributed by atoms with E-state index in [0.717, 1.165) is 12.8 Å². The first kappa shape index (κ1) is 15.2. The van der Waals surface area contributed by atoms with Crippen LogP contribution in [0.1, 0.15) is 33.6 Å². The van der Waals surface area contributed by atoms with Gasteiger partial charge in [-0.2, -0.15) is 17.0 Å². The van der Waals surface area contributed by atoms with E-state index in [4.69, 9.17) is 10.5 Å². The third-order valence-corrected chi connectivity index (χ3v) is 5.95. The Morgan fingerprint density at radius 1 is 1.16 bits per heavy atom. The second kappa shape index (κ2) is 5.65. The van der Waals surface area contributed by atoms with E-state index in [-0.39, 0.29) is 24.3 Å². The van der Waals surface area contributed by atoms with Crippen LogP contribution >= 0.6 is 0 Å². The van der Waals surface area contributed by atoms with Gasteiger partial charge in [-0.3, -0.25) is 0 Å². The van der Waals surface area contributed by atoms with E-state index in [9.17, 15) is 8.42 Å². The van der Waals surface area contributed by atoms with Crippen LogP contribution in [0, 0.1) is 0 Å². The van der Waals surface area contributed by atoms with E-state index in [1.165, 1.54) is 0 Å². The lowest BCUT2D eigenvalue weighted by atomic mass is 10.0. The molecule has 0 saturated carbocycles. The minimum absolute atomic E-state index is 0.0257. The van der Waals surface area contributed by atoms with Gasteiger partial charge < -0.3 is 10.5 Å². The average molecular weight is 291 g/mol. The van der Waals surface area contributed by atoms with Gasteiger partial charge in [-0.05, 0) is 33.6 Å². The molecule has 2 aliphatic heterocycles. The van der Waals surface area contributed by atoms with Crippen LogP contribution in [-0.2, 0) is 14.9 Å². The molecule has 112 valence electrons. The summed E-state index contributed by atoms with van der Waals surface area (Å²) in [4.78, 5) is 0. The fourth-order valence-corrected chi connectivity index (χ4v) is 4.97. The van der Waals surface area contributed by atoms with Gasteiger partial charge in [-0.1, -0.05) is 0 Å². The smallest absolute Gasteiger partial charge is 0.282 e. The van der Waals surface area contributed by atoms with Crippen LogP contribution in [0.15, 0.2) is 0 Å². The van der Waals surface area contributed by atoms with Crippen LogP contribution in [0.25, 0.3) is 0 Å². The molecule has 2 N–H and O–H groups in total. The van der Waals surface area contributed by atoms with E-state index >= 15 is 0 Å². The van der Waals surface area contributed by atoms with Gasteiger partial charge in [-0.25, -0.2) is 0 Å². The molecule has 0 spiro atoms. The van der Waals surface area contributed by atoms with E-state index in [1.807, 2.05) is 20.8 Å². The number of hydrogen-bond acceptors (Lipinski definition) is 4. The van der Waals surface area contributed by atoms with Crippen molar-refractivity contribution in [2.24, 2.45) is 5.73 Å². The van der Waals surface area contributed by atoms with Crippen LogP contribution in [0.5, 0.6) is 0 Å². The third kappa shape index (κ3) is 3.28. The molecule has 0 amide bonds. The molecular formula is C12H25N3O3S. The summed E-state index contributed by atoms with van der Waals surface area (Å²) in [5.74, 6) is 0. The van der Waals surface area contributed by atoms with Crippen molar-refractivity contribution in [2.75, 3.05) is 19.6 Å². The molecule has 7 heteroatoms. The second-order valence-electron chi connectivity index (χ2n) is 5.83. The first-order chi connectivity index (χ1) is 8.80. The lowest BCUT2D eigenvalue weighted by Crippen LogP contribution is -2.57. The van der Waals surface area contributed by atoms with E-state index < -0.39 is 10.2 Å². The average Bonchev–Trinajstić information content (AvgIpc) is 2.26. The molecule has 4 atom stereocenters. The maximum absolute atomic E-state index is 12.7. The zero-order valence-corrected chi connectivity index (χ0v) is 12.8. The lowest BCUT2D eigenvalue weighted by molar-refractivity contribution is -0.0459. The number of hydrogen-bond donors (Lipinski definition) is 1. The van der Waals surface area contributed by atoms with E-state index in [1.54, 1.807) is 8.61 Å². The van der Waals surface area contributed by atoms with Crippen molar-refractivity contribution in [3.63, 3.8) is 0 Å². The molecule has 0 bridgehead atoms. The van der Waals surface area contributed by atoms with Crippen LogP contribution in [0.4, 0.5) is 0 Å². The number of ether oxygens (including phenoxy) is 1. The van der Waals surface area contributed by atoms with Crippen molar-refractivity contribution < 1.29 is 13.2 Å². The lowest BCUT2D eigenvalue weighted by Gasteiger charge is -2.41. The van der Waals surface area contributed by atoms with Gasteiger partial charge in [0.2, 0.25) is 0 Å². The number of piperidine rings is 1. The molecule has 2 fully saturated rings. The normalized spacial score (nSPS) is 39.4. The first-order valence-corrected chi connectivity index (χ1v) is 8.38. The van der Waals surface area contributed by atoms with Gasteiger partial charge >= 0.3 is 0 Å². The Hall–Kier alpha value is -0.210. The number of nitrogens with zero attached hydrogens (tertiary/aromatic N) is 2. The maximum Gasteiger partial charge on any atom is 0.282 e. The van der Waals surface area contributed by atoms with Crippen molar-refractivity contribution in [3.05, 3.63) is 0 Å². The van der Waals surface area contributed by atoms with Gasteiger partial charge in [-0.15, -0.1) is 0 Å². The Bertz CT molecular complexity index is 404.